The lowest BCUT2D eigenvalue weighted by molar-refractivity contribution is 0.595. The number of aromatic nitrogens is 3. The summed E-state index contributed by atoms with van der Waals surface area (Å²) in [5, 5.41) is 7.07. The molecule has 0 fully saturated rings. The van der Waals surface area contributed by atoms with E-state index in [0.29, 0.717) is 0 Å². The molecule has 0 saturated carbocycles. The van der Waals surface area contributed by atoms with Gasteiger partial charge in [0.05, 0.1) is 0 Å². The summed E-state index contributed by atoms with van der Waals surface area (Å²) in [5.41, 5.74) is 0.430. The van der Waals surface area contributed by atoms with Crippen molar-refractivity contribution >= 4 is 5.82 Å². The Hall–Kier alpha value is -2.37. The fourth-order valence-corrected chi connectivity index (χ4v) is 2.12. The number of hydrogen-bond donors (Lipinski definition) is 1. The van der Waals surface area contributed by atoms with Gasteiger partial charge in [-0.25, -0.2) is 9.48 Å². The first-order chi connectivity index (χ1) is 9.99. The van der Waals surface area contributed by atoms with Gasteiger partial charge in [0.25, 0.3) is 5.56 Å². The smallest absolute Gasteiger partial charge is 0.346 e. The van der Waals surface area contributed by atoms with Gasteiger partial charge in [-0.05, 0) is 25.3 Å². The molecular formula is C15H20N4O2. The van der Waals surface area contributed by atoms with Gasteiger partial charge in [-0.15, -0.1) is 5.10 Å². The van der Waals surface area contributed by atoms with Crippen molar-refractivity contribution in [2.45, 2.75) is 25.8 Å². The molecule has 0 aliphatic carbocycles. The van der Waals surface area contributed by atoms with Gasteiger partial charge >= 0.3 is 5.69 Å². The molecule has 0 aliphatic rings. The van der Waals surface area contributed by atoms with E-state index in [2.05, 4.69) is 22.5 Å². The topological polar surface area (TPSA) is 68.9 Å². The van der Waals surface area contributed by atoms with Crippen molar-refractivity contribution in [3.05, 3.63) is 56.7 Å². The second-order valence-electron chi connectivity index (χ2n) is 5.19. The number of anilines is 1. The van der Waals surface area contributed by atoms with E-state index in [9.17, 15) is 9.59 Å². The molecule has 1 N–H and O–H groups in total. The van der Waals surface area contributed by atoms with Crippen molar-refractivity contribution in [3.8, 4) is 0 Å². The molecule has 6 heteroatoms. The maximum absolute atomic E-state index is 12.0. The summed E-state index contributed by atoms with van der Waals surface area (Å²) in [6.07, 6.45) is 1.79. The molecule has 0 amide bonds. The van der Waals surface area contributed by atoms with Crippen molar-refractivity contribution < 1.29 is 0 Å². The van der Waals surface area contributed by atoms with Crippen LogP contribution < -0.4 is 16.6 Å². The van der Waals surface area contributed by atoms with Gasteiger partial charge in [0.2, 0.25) is 5.82 Å². The van der Waals surface area contributed by atoms with E-state index in [0.717, 1.165) is 22.1 Å². The van der Waals surface area contributed by atoms with Crippen LogP contribution in [0.25, 0.3) is 0 Å². The minimum atomic E-state index is -0.428. The molecule has 2 rings (SSSR count). The summed E-state index contributed by atoms with van der Waals surface area (Å²) >= 11 is 0. The predicted molar refractivity (Wildman–Crippen MR) is 82.6 cm³/mol. The number of hydrogen-bond acceptors (Lipinski definition) is 4. The molecule has 0 saturated heterocycles. The average molecular weight is 288 g/mol. The van der Waals surface area contributed by atoms with E-state index in [4.69, 9.17) is 0 Å². The molecule has 1 atom stereocenters. The summed E-state index contributed by atoms with van der Waals surface area (Å²) in [6, 6.07) is 10.3. The van der Waals surface area contributed by atoms with Gasteiger partial charge in [0, 0.05) is 20.1 Å². The van der Waals surface area contributed by atoms with E-state index < -0.39 is 11.2 Å². The van der Waals surface area contributed by atoms with Crippen molar-refractivity contribution in [3.63, 3.8) is 0 Å². The Bertz CT molecular complexity index is 719. The normalized spacial score (nSPS) is 12.1. The molecular weight excluding hydrogens is 268 g/mol. The monoisotopic (exact) mass is 288 g/mol. The first-order valence-electron chi connectivity index (χ1n) is 6.94. The van der Waals surface area contributed by atoms with E-state index in [1.54, 1.807) is 0 Å². The Balaban J connectivity index is 2.05. The maximum Gasteiger partial charge on any atom is 0.346 e. The van der Waals surface area contributed by atoms with Gasteiger partial charge in [-0.1, -0.05) is 30.3 Å². The third kappa shape index (κ3) is 3.59. The zero-order valence-corrected chi connectivity index (χ0v) is 12.5. The van der Waals surface area contributed by atoms with Crippen LogP contribution in [0.1, 0.15) is 18.9 Å². The average Bonchev–Trinajstić information content (AvgIpc) is 2.49. The molecule has 0 aliphatic heterocycles. The maximum atomic E-state index is 12.0. The van der Waals surface area contributed by atoms with Gasteiger partial charge < -0.3 is 5.32 Å². The Labute approximate surface area is 123 Å². The highest BCUT2D eigenvalue weighted by Crippen LogP contribution is 2.07. The lowest BCUT2D eigenvalue weighted by Gasteiger charge is -2.14. The minimum absolute atomic E-state index is 0.0860. The minimum Gasteiger partial charge on any atom is -0.362 e. The van der Waals surface area contributed by atoms with Crippen LogP contribution >= 0.6 is 0 Å². The third-order valence-electron chi connectivity index (χ3n) is 3.41. The van der Waals surface area contributed by atoms with E-state index in [-0.39, 0.29) is 11.9 Å². The van der Waals surface area contributed by atoms with Crippen LogP contribution in [0, 0.1) is 0 Å². The fourth-order valence-electron chi connectivity index (χ4n) is 2.12. The molecule has 1 aromatic heterocycles. The molecule has 112 valence electrons. The van der Waals surface area contributed by atoms with E-state index in [1.165, 1.54) is 19.7 Å². The molecule has 6 nitrogen and oxygen atoms in total. The van der Waals surface area contributed by atoms with Gasteiger partial charge in [-0.3, -0.25) is 9.36 Å². The Morgan fingerprint density at radius 1 is 1.19 bits per heavy atom. The van der Waals surface area contributed by atoms with Crippen molar-refractivity contribution in [2.24, 2.45) is 14.1 Å². The summed E-state index contributed by atoms with van der Waals surface area (Å²) in [4.78, 5) is 23.5. The summed E-state index contributed by atoms with van der Waals surface area (Å²) in [7, 11) is 2.98. The number of aryl methyl sites for hydroxylation is 2. The second kappa shape index (κ2) is 6.39. The highest BCUT2D eigenvalue weighted by atomic mass is 16.2. The van der Waals surface area contributed by atoms with Gasteiger partial charge in [0.15, 0.2) is 0 Å². The lowest BCUT2D eigenvalue weighted by Crippen LogP contribution is -2.40. The fraction of sp³-hybridized carbons (Fsp3) is 0.400. The lowest BCUT2D eigenvalue weighted by atomic mass is 10.1. The van der Waals surface area contributed by atoms with E-state index in [1.807, 2.05) is 25.1 Å². The van der Waals surface area contributed by atoms with Crippen LogP contribution in [0.4, 0.5) is 5.82 Å². The molecule has 1 aromatic carbocycles. The largest absolute Gasteiger partial charge is 0.362 e. The van der Waals surface area contributed by atoms with Crippen LogP contribution in [0.3, 0.4) is 0 Å². The van der Waals surface area contributed by atoms with E-state index >= 15 is 0 Å². The second-order valence-corrected chi connectivity index (χ2v) is 5.19. The van der Waals surface area contributed by atoms with Gasteiger partial charge in [-0.2, -0.15) is 0 Å². The molecule has 0 spiro atoms. The molecule has 1 unspecified atom stereocenters. The zero-order chi connectivity index (χ0) is 15.4. The number of nitrogens with one attached hydrogen (secondary N) is 1. The van der Waals surface area contributed by atoms with Crippen molar-refractivity contribution in [2.75, 3.05) is 5.32 Å². The number of benzene rings is 1. The molecule has 0 bridgehead atoms. The molecule has 1 heterocycles. The number of nitrogens with zero attached hydrogens (tertiary/aromatic N) is 3. The Morgan fingerprint density at radius 3 is 2.52 bits per heavy atom. The number of rotatable bonds is 5. The first-order valence-corrected chi connectivity index (χ1v) is 6.94. The summed E-state index contributed by atoms with van der Waals surface area (Å²) in [5.74, 6) is 0.208. The van der Waals surface area contributed by atoms with Crippen LogP contribution in [0.15, 0.2) is 39.9 Å². The standard InChI is InChI=1S/C15H20N4O2/c1-11(9-10-12-7-5-4-6-8-12)16-13-14(20)18(2)15(21)19(3)17-13/h4-8,11H,9-10H2,1-3H3,(H,16,17). The van der Waals surface area contributed by atoms with Crippen molar-refractivity contribution in [1.82, 2.24) is 14.3 Å². The summed E-state index contributed by atoms with van der Waals surface area (Å²) < 4.78 is 2.22. The van der Waals surface area contributed by atoms with Crippen molar-refractivity contribution in [1.29, 1.82) is 0 Å². The van der Waals surface area contributed by atoms with Crippen LogP contribution in [-0.4, -0.2) is 20.4 Å². The molecule has 0 radical (unpaired) electrons. The molecule has 21 heavy (non-hydrogen) atoms. The predicted octanol–water partition coefficient (Wildman–Crippen LogP) is 0.912. The quantitative estimate of drug-likeness (QED) is 0.888. The highest BCUT2D eigenvalue weighted by Gasteiger charge is 2.11. The van der Waals surface area contributed by atoms with Crippen LogP contribution in [0.5, 0.6) is 0 Å². The van der Waals surface area contributed by atoms with Gasteiger partial charge in [0.1, 0.15) is 0 Å². The summed E-state index contributed by atoms with van der Waals surface area (Å²) in [6.45, 7) is 2.00. The third-order valence-corrected chi connectivity index (χ3v) is 3.41. The van der Waals surface area contributed by atoms with Crippen LogP contribution in [-0.2, 0) is 20.5 Å². The molecule has 2 aromatic rings. The Morgan fingerprint density at radius 2 is 1.86 bits per heavy atom. The highest BCUT2D eigenvalue weighted by molar-refractivity contribution is 5.30. The Kier molecular flexibility index (Phi) is 4.57. The van der Waals surface area contributed by atoms with Crippen LogP contribution in [0.2, 0.25) is 0 Å². The first kappa shape index (κ1) is 15.0. The zero-order valence-electron chi connectivity index (χ0n) is 12.5. The SMILES string of the molecule is CC(CCc1ccccc1)Nc1nn(C)c(=O)n(C)c1=O.